The van der Waals surface area contributed by atoms with E-state index in [9.17, 15) is 4.79 Å². The third-order valence-electron chi connectivity index (χ3n) is 3.34. The van der Waals surface area contributed by atoms with Gasteiger partial charge >= 0.3 is 5.97 Å². The van der Waals surface area contributed by atoms with Crippen molar-refractivity contribution in [3.63, 3.8) is 0 Å². The molecular weight excluding hydrogens is 262 g/mol. The number of fused-ring (bicyclic) bond motifs is 1. The summed E-state index contributed by atoms with van der Waals surface area (Å²) in [4.78, 5) is 12.3. The molecule has 3 rings (SSSR count). The van der Waals surface area contributed by atoms with E-state index in [-0.39, 0.29) is 12.6 Å². The zero-order valence-electron chi connectivity index (χ0n) is 11.5. The summed E-state index contributed by atoms with van der Waals surface area (Å²) in [6.07, 6.45) is 0. The number of nitrogens with two attached hydrogens (primary N) is 1. The van der Waals surface area contributed by atoms with Crippen LogP contribution in [0.1, 0.15) is 15.9 Å². The Morgan fingerprint density at radius 2 is 1.76 bits per heavy atom. The molecule has 0 atom stereocenters. The zero-order valence-corrected chi connectivity index (χ0v) is 11.5. The molecule has 3 aromatic rings. The van der Waals surface area contributed by atoms with E-state index < -0.39 is 0 Å². The molecule has 0 saturated heterocycles. The minimum absolute atomic E-state index is 0.269. The van der Waals surface area contributed by atoms with Gasteiger partial charge in [0.1, 0.15) is 6.61 Å². The Kier molecular flexibility index (Phi) is 3.56. The molecule has 0 saturated carbocycles. The molecule has 21 heavy (non-hydrogen) atoms. The van der Waals surface area contributed by atoms with Gasteiger partial charge in [0.2, 0.25) is 0 Å². The average Bonchev–Trinajstić information content (AvgIpc) is 2.52. The van der Waals surface area contributed by atoms with Crippen molar-refractivity contribution in [3.05, 3.63) is 77.9 Å². The van der Waals surface area contributed by atoms with Crippen LogP contribution in [0.5, 0.6) is 0 Å². The maximum absolute atomic E-state index is 12.3. The van der Waals surface area contributed by atoms with Crippen molar-refractivity contribution in [2.24, 2.45) is 0 Å². The maximum Gasteiger partial charge on any atom is 0.339 e. The molecule has 0 unspecified atom stereocenters. The Morgan fingerprint density at radius 1 is 0.952 bits per heavy atom. The largest absolute Gasteiger partial charge is 0.457 e. The fourth-order valence-corrected chi connectivity index (χ4v) is 2.28. The van der Waals surface area contributed by atoms with Gasteiger partial charge in [0.15, 0.2) is 0 Å². The lowest BCUT2D eigenvalue weighted by atomic mass is 10.0. The number of hydrogen-bond donors (Lipinski definition) is 1. The molecule has 3 nitrogen and oxygen atoms in total. The number of nitrogen functional groups attached to an aromatic ring is 1. The average molecular weight is 277 g/mol. The van der Waals surface area contributed by atoms with Gasteiger partial charge in [-0.15, -0.1) is 0 Å². The van der Waals surface area contributed by atoms with E-state index in [1.54, 1.807) is 12.1 Å². The van der Waals surface area contributed by atoms with E-state index in [1.807, 2.05) is 54.6 Å². The van der Waals surface area contributed by atoms with E-state index >= 15 is 0 Å². The molecule has 0 aliphatic heterocycles. The molecule has 2 N–H and O–H groups in total. The van der Waals surface area contributed by atoms with Crippen molar-refractivity contribution in [3.8, 4) is 0 Å². The number of carbonyl (C=O) groups excluding carboxylic acids is 1. The number of anilines is 1. The first-order valence-electron chi connectivity index (χ1n) is 6.73. The Balaban J connectivity index is 1.85. The minimum Gasteiger partial charge on any atom is -0.457 e. The van der Waals surface area contributed by atoms with Crippen LogP contribution in [0, 0.1) is 0 Å². The molecule has 0 fully saturated rings. The van der Waals surface area contributed by atoms with Crippen molar-refractivity contribution in [1.29, 1.82) is 0 Å². The van der Waals surface area contributed by atoms with Gasteiger partial charge in [-0.05, 0) is 34.5 Å². The topological polar surface area (TPSA) is 52.3 Å². The van der Waals surface area contributed by atoms with Gasteiger partial charge in [-0.1, -0.05) is 48.5 Å². The van der Waals surface area contributed by atoms with Crippen LogP contribution in [0.15, 0.2) is 66.7 Å². The van der Waals surface area contributed by atoms with Crippen LogP contribution < -0.4 is 5.73 Å². The van der Waals surface area contributed by atoms with Gasteiger partial charge in [0.05, 0.1) is 5.56 Å². The highest BCUT2D eigenvalue weighted by molar-refractivity contribution is 6.05. The monoisotopic (exact) mass is 277 g/mol. The smallest absolute Gasteiger partial charge is 0.339 e. The van der Waals surface area contributed by atoms with E-state index in [4.69, 9.17) is 10.5 Å². The van der Waals surface area contributed by atoms with Gasteiger partial charge in [-0.2, -0.15) is 0 Å². The van der Waals surface area contributed by atoms with E-state index in [0.717, 1.165) is 16.3 Å². The van der Waals surface area contributed by atoms with Gasteiger partial charge in [0, 0.05) is 5.69 Å². The lowest BCUT2D eigenvalue weighted by molar-refractivity contribution is 0.0475. The summed E-state index contributed by atoms with van der Waals surface area (Å²) in [6, 6.07) is 20.7. The summed E-state index contributed by atoms with van der Waals surface area (Å²) in [5.74, 6) is -0.325. The normalized spacial score (nSPS) is 10.5. The number of benzene rings is 3. The highest BCUT2D eigenvalue weighted by Crippen LogP contribution is 2.22. The maximum atomic E-state index is 12.3. The summed E-state index contributed by atoms with van der Waals surface area (Å²) >= 11 is 0. The van der Waals surface area contributed by atoms with E-state index in [0.29, 0.717) is 11.3 Å². The molecule has 0 aliphatic rings. The molecule has 0 aliphatic carbocycles. The number of esters is 1. The Bertz CT molecular complexity index is 782. The predicted octanol–water partition coefficient (Wildman–Crippen LogP) is 3.78. The summed E-state index contributed by atoms with van der Waals surface area (Å²) in [5, 5.41) is 1.79. The molecule has 0 amide bonds. The number of rotatable bonds is 3. The Labute approximate surface area is 123 Å². The first kappa shape index (κ1) is 13.2. The van der Waals surface area contributed by atoms with Crippen molar-refractivity contribution in [1.82, 2.24) is 0 Å². The summed E-state index contributed by atoms with van der Waals surface area (Å²) < 4.78 is 5.38. The summed E-state index contributed by atoms with van der Waals surface area (Å²) in [6.45, 7) is 0.269. The molecule has 3 heteroatoms. The lowest BCUT2D eigenvalue weighted by Crippen LogP contribution is -2.06. The molecule has 0 bridgehead atoms. The first-order chi connectivity index (χ1) is 10.2. The van der Waals surface area contributed by atoms with Crippen molar-refractivity contribution >= 4 is 22.4 Å². The van der Waals surface area contributed by atoms with Gasteiger partial charge < -0.3 is 10.5 Å². The molecule has 0 radical (unpaired) electrons. The van der Waals surface area contributed by atoms with Crippen molar-refractivity contribution < 1.29 is 9.53 Å². The van der Waals surface area contributed by atoms with Gasteiger partial charge in [-0.25, -0.2) is 4.79 Å². The zero-order chi connectivity index (χ0) is 14.7. The molecular formula is C18H15NO2. The van der Waals surface area contributed by atoms with Gasteiger partial charge in [-0.3, -0.25) is 0 Å². The third kappa shape index (κ3) is 2.87. The number of hydrogen-bond acceptors (Lipinski definition) is 3. The lowest BCUT2D eigenvalue weighted by Gasteiger charge is -2.08. The molecule has 0 spiro atoms. The molecule has 104 valence electrons. The van der Waals surface area contributed by atoms with Crippen LogP contribution in [0.4, 0.5) is 5.69 Å². The van der Waals surface area contributed by atoms with Crippen LogP contribution in [0.2, 0.25) is 0 Å². The quantitative estimate of drug-likeness (QED) is 0.585. The standard InChI is InChI=1S/C18H15NO2/c19-15-9-10-16-14(11-15)7-4-8-17(16)18(20)21-12-13-5-2-1-3-6-13/h1-11H,12,19H2. The van der Waals surface area contributed by atoms with Crippen molar-refractivity contribution in [2.75, 3.05) is 5.73 Å². The van der Waals surface area contributed by atoms with Crippen LogP contribution in [-0.2, 0) is 11.3 Å². The highest BCUT2D eigenvalue weighted by atomic mass is 16.5. The van der Waals surface area contributed by atoms with Crippen LogP contribution in [0.3, 0.4) is 0 Å². The fraction of sp³-hybridized carbons (Fsp3) is 0.0556. The van der Waals surface area contributed by atoms with E-state index in [1.165, 1.54) is 0 Å². The predicted molar refractivity (Wildman–Crippen MR) is 83.9 cm³/mol. The van der Waals surface area contributed by atoms with Gasteiger partial charge in [0.25, 0.3) is 0 Å². The SMILES string of the molecule is Nc1ccc2c(C(=O)OCc3ccccc3)cccc2c1. The van der Waals surface area contributed by atoms with Crippen LogP contribution in [0.25, 0.3) is 10.8 Å². The molecule has 0 aromatic heterocycles. The second-order valence-electron chi connectivity index (χ2n) is 4.85. The minimum atomic E-state index is -0.325. The Morgan fingerprint density at radius 3 is 2.57 bits per heavy atom. The molecule has 0 heterocycles. The van der Waals surface area contributed by atoms with Crippen LogP contribution in [-0.4, -0.2) is 5.97 Å². The number of ether oxygens (including phenoxy) is 1. The molecule has 3 aromatic carbocycles. The third-order valence-corrected chi connectivity index (χ3v) is 3.34. The summed E-state index contributed by atoms with van der Waals surface area (Å²) in [5.41, 5.74) is 7.97. The first-order valence-corrected chi connectivity index (χ1v) is 6.73. The second kappa shape index (κ2) is 5.67. The highest BCUT2D eigenvalue weighted by Gasteiger charge is 2.11. The second-order valence-corrected chi connectivity index (χ2v) is 4.85. The fourth-order valence-electron chi connectivity index (χ4n) is 2.28. The number of carbonyl (C=O) groups is 1. The van der Waals surface area contributed by atoms with Crippen molar-refractivity contribution in [2.45, 2.75) is 6.61 Å². The summed E-state index contributed by atoms with van der Waals surface area (Å²) in [7, 11) is 0. The Hall–Kier alpha value is -2.81. The van der Waals surface area contributed by atoms with Crippen LogP contribution >= 0.6 is 0 Å². The van der Waals surface area contributed by atoms with E-state index in [2.05, 4.69) is 0 Å².